The van der Waals surface area contributed by atoms with Crippen LogP contribution < -0.4 is 11.1 Å². The van der Waals surface area contributed by atoms with E-state index in [1.165, 1.54) is 11.3 Å². The molecule has 1 aromatic heterocycles. The van der Waals surface area contributed by atoms with Crippen molar-refractivity contribution in [2.45, 2.75) is 26.7 Å². The lowest BCUT2D eigenvalue weighted by Crippen LogP contribution is -2.04. The first kappa shape index (κ1) is 14.0. The molecule has 0 aliphatic rings. The third-order valence-electron chi connectivity index (χ3n) is 2.30. The number of hydrogen-bond donors (Lipinski definition) is 2. The summed E-state index contributed by atoms with van der Waals surface area (Å²) in [6, 6.07) is 1.83. The third kappa shape index (κ3) is 4.36. The Morgan fingerprint density at radius 2 is 2.29 bits per heavy atom. The first-order chi connectivity index (χ1) is 8.19. The van der Waals surface area contributed by atoms with Crippen molar-refractivity contribution in [2.75, 3.05) is 30.8 Å². The summed E-state index contributed by atoms with van der Waals surface area (Å²) < 4.78 is 5.24. The fourth-order valence-corrected chi connectivity index (χ4v) is 2.42. The van der Waals surface area contributed by atoms with E-state index in [1.54, 1.807) is 0 Å². The summed E-state index contributed by atoms with van der Waals surface area (Å²) in [7, 11) is 0. The molecule has 1 rings (SSSR count). The molecule has 0 unspecified atom stereocenters. The number of anilines is 2. The molecule has 0 saturated carbocycles. The summed E-state index contributed by atoms with van der Waals surface area (Å²) in [5.41, 5.74) is 6.37. The topological polar surface area (TPSA) is 64.3 Å². The number of nitrogens with two attached hydrogens (primary N) is 1. The van der Waals surface area contributed by atoms with Crippen molar-refractivity contribution >= 4 is 27.8 Å². The number of hydrogen-bond acceptors (Lipinski definition) is 5. The highest BCUT2D eigenvalue weighted by atomic mass is 32.1. The summed E-state index contributed by atoms with van der Waals surface area (Å²) in [4.78, 5) is 12.2. The lowest BCUT2D eigenvalue weighted by molar-refractivity contribution is 0.0993. The van der Waals surface area contributed by atoms with Crippen LogP contribution in [0.1, 0.15) is 36.4 Å². The van der Waals surface area contributed by atoms with Crippen molar-refractivity contribution in [3.05, 3.63) is 10.9 Å². The first-order valence-electron chi connectivity index (χ1n) is 5.93. The Hall–Kier alpha value is -1.07. The molecule has 1 heterocycles. The van der Waals surface area contributed by atoms with Crippen LogP contribution in [0.5, 0.6) is 0 Å². The molecule has 0 saturated heterocycles. The van der Waals surface area contributed by atoms with Crippen molar-refractivity contribution in [2.24, 2.45) is 0 Å². The predicted molar refractivity (Wildman–Crippen MR) is 73.0 cm³/mol. The van der Waals surface area contributed by atoms with Gasteiger partial charge >= 0.3 is 0 Å². The summed E-state index contributed by atoms with van der Waals surface area (Å²) in [5.74, 6) is 0.106. The summed E-state index contributed by atoms with van der Waals surface area (Å²) >= 11 is 1.43. The Bertz CT molecular complexity index is 363. The molecule has 0 bridgehead atoms. The van der Waals surface area contributed by atoms with Crippen LogP contribution in [0.15, 0.2) is 6.07 Å². The van der Waals surface area contributed by atoms with Crippen molar-refractivity contribution in [3.8, 4) is 0 Å². The first-order valence-corrected chi connectivity index (χ1v) is 6.74. The Labute approximate surface area is 106 Å². The van der Waals surface area contributed by atoms with Gasteiger partial charge in [-0.15, -0.1) is 11.3 Å². The Morgan fingerprint density at radius 1 is 1.53 bits per heavy atom. The number of ether oxygens (including phenoxy) is 1. The second-order valence-corrected chi connectivity index (χ2v) is 4.70. The van der Waals surface area contributed by atoms with Gasteiger partial charge in [0.15, 0.2) is 5.78 Å². The molecule has 0 aromatic carbocycles. The van der Waals surface area contributed by atoms with Crippen LogP contribution in [0.2, 0.25) is 0 Å². The number of nitrogens with one attached hydrogen (secondary N) is 1. The zero-order valence-electron chi connectivity index (χ0n) is 10.4. The van der Waals surface area contributed by atoms with Crippen molar-refractivity contribution in [1.29, 1.82) is 0 Å². The summed E-state index contributed by atoms with van der Waals surface area (Å²) in [6.07, 6.45) is 1.44. The van der Waals surface area contributed by atoms with E-state index in [9.17, 15) is 4.79 Å². The molecule has 0 aliphatic heterocycles. The number of Topliss-reactive ketones (excluding diaryl/α,β-unsaturated/α-hetero) is 1. The molecular formula is C12H20N2O2S. The number of ketones is 1. The number of thiophene rings is 1. The minimum atomic E-state index is 0.106. The standard InChI is InChI=1S/C12H20N2O2S/c1-3-10(15)12-9(13)8-11(17-12)14-6-5-7-16-4-2/h8,14H,3-7,13H2,1-2H3. The smallest absolute Gasteiger partial charge is 0.174 e. The summed E-state index contributed by atoms with van der Waals surface area (Å²) in [5, 5.41) is 4.20. The average Bonchev–Trinajstić information content (AvgIpc) is 2.69. The molecule has 0 atom stereocenters. The lowest BCUT2D eigenvalue weighted by Gasteiger charge is -2.03. The second kappa shape index (κ2) is 7.29. The van der Waals surface area contributed by atoms with E-state index < -0.39 is 0 Å². The van der Waals surface area contributed by atoms with Crippen molar-refractivity contribution in [1.82, 2.24) is 0 Å². The molecule has 0 amide bonds. The van der Waals surface area contributed by atoms with Gasteiger partial charge in [0, 0.05) is 26.2 Å². The van der Waals surface area contributed by atoms with Gasteiger partial charge in [-0.1, -0.05) is 6.92 Å². The van der Waals surface area contributed by atoms with Gasteiger partial charge in [-0.05, 0) is 19.4 Å². The minimum absolute atomic E-state index is 0.106. The monoisotopic (exact) mass is 256 g/mol. The quantitative estimate of drug-likeness (QED) is 0.554. The number of nitrogen functional groups attached to an aromatic ring is 1. The highest BCUT2D eigenvalue weighted by molar-refractivity contribution is 7.18. The summed E-state index contributed by atoms with van der Waals surface area (Å²) in [6.45, 7) is 6.17. The van der Waals surface area contributed by atoms with Crippen LogP contribution in [0, 0.1) is 0 Å². The minimum Gasteiger partial charge on any atom is -0.397 e. The Kier molecular flexibility index (Phi) is 6.00. The molecule has 96 valence electrons. The van der Waals surface area contributed by atoms with E-state index in [0.29, 0.717) is 17.0 Å². The normalized spacial score (nSPS) is 10.5. The molecule has 0 fully saturated rings. The van der Waals surface area contributed by atoms with Gasteiger partial charge in [0.25, 0.3) is 0 Å². The molecule has 5 heteroatoms. The zero-order valence-corrected chi connectivity index (χ0v) is 11.2. The highest BCUT2D eigenvalue weighted by Crippen LogP contribution is 2.30. The van der Waals surface area contributed by atoms with Gasteiger partial charge in [0.05, 0.1) is 15.6 Å². The predicted octanol–water partition coefficient (Wildman–Crippen LogP) is 2.76. The fraction of sp³-hybridized carbons (Fsp3) is 0.583. The zero-order chi connectivity index (χ0) is 12.7. The Balaban J connectivity index is 2.42. The third-order valence-corrected chi connectivity index (χ3v) is 3.45. The fourth-order valence-electron chi connectivity index (χ4n) is 1.40. The van der Waals surface area contributed by atoms with Gasteiger partial charge in [-0.25, -0.2) is 0 Å². The van der Waals surface area contributed by atoms with E-state index in [4.69, 9.17) is 10.5 Å². The number of carbonyl (C=O) groups excluding carboxylic acids is 1. The van der Waals surface area contributed by atoms with Gasteiger partial charge < -0.3 is 15.8 Å². The van der Waals surface area contributed by atoms with Crippen molar-refractivity contribution in [3.63, 3.8) is 0 Å². The average molecular weight is 256 g/mol. The molecule has 0 spiro atoms. The maximum atomic E-state index is 11.5. The SMILES string of the molecule is CCOCCCNc1cc(N)c(C(=O)CC)s1. The molecule has 0 aliphatic carbocycles. The maximum absolute atomic E-state index is 11.5. The van der Waals surface area contributed by atoms with E-state index in [2.05, 4.69) is 5.32 Å². The van der Waals surface area contributed by atoms with Crippen LogP contribution in [0.3, 0.4) is 0 Å². The molecule has 1 aromatic rings. The van der Waals surface area contributed by atoms with Gasteiger partial charge in [0.1, 0.15) is 0 Å². The van der Waals surface area contributed by atoms with Gasteiger partial charge in [0.2, 0.25) is 0 Å². The van der Waals surface area contributed by atoms with Crippen LogP contribution in [0.25, 0.3) is 0 Å². The number of carbonyl (C=O) groups is 1. The van der Waals surface area contributed by atoms with E-state index >= 15 is 0 Å². The van der Waals surface area contributed by atoms with Crippen LogP contribution in [-0.4, -0.2) is 25.5 Å². The molecule has 3 N–H and O–H groups in total. The number of rotatable bonds is 8. The van der Waals surface area contributed by atoms with E-state index in [1.807, 2.05) is 19.9 Å². The van der Waals surface area contributed by atoms with E-state index in [-0.39, 0.29) is 5.78 Å². The largest absolute Gasteiger partial charge is 0.397 e. The second-order valence-electron chi connectivity index (χ2n) is 3.65. The molecule has 17 heavy (non-hydrogen) atoms. The van der Waals surface area contributed by atoms with Crippen LogP contribution >= 0.6 is 11.3 Å². The van der Waals surface area contributed by atoms with Crippen LogP contribution in [-0.2, 0) is 4.74 Å². The molecular weight excluding hydrogens is 236 g/mol. The highest BCUT2D eigenvalue weighted by Gasteiger charge is 2.12. The lowest BCUT2D eigenvalue weighted by atomic mass is 10.2. The molecule has 4 nitrogen and oxygen atoms in total. The Morgan fingerprint density at radius 3 is 2.94 bits per heavy atom. The van der Waals surface area contributed by atoms with E-state index in [0.717, 1.165) is 31.2 Å². The van der Waals surface area contributed by atoms with Gasteiger partial charge in [-0.3, -0.25) is 4.79 Å². The van der Waals surface area contributed by atoms with Crippen LogP contribution in [0.4, 0.5) is 10.7 Å². The molecule has 0 radical (unpaired) electrons. The maximum Gasteiger partial charge on any atom is 0.174 e. The van der Waals surface area contributed by atoms with Crippen molar-refractivity contribution < 1.29 is 9.53 Å². The van der Waals surface area contributed by atoms with Gasteiger partial charge in [-0.2, -0.15) is 0 Å².